The van der Waals surface area contributed by atoms with E-state index in [1.807, 2.05) is 20.8 Å². The molecule has 0 saturated heterocycles. The highest BCUT2D eigenvalue weighted by atomic mass is 16.3. The predicted octanol–water partition coefficient (Wildman–Crippen LogP) is 0.262. The number of hydrogen-bond acceptors (Lipinski definition) is 3. The van der Waals surface area contributed by atoms with Crippen LogP contribution < -0.4 is 10.6 Å². The number of amides is 1. The monoisotopic (exact) mass is 202 g/mol. The molecular weight excluding hydrogens is 180 g/mol. The number of aliphatic hydroxyl groups excluding tert-OH is 1. The molecule has 0 aromatic heterocycles. The molecule has 0 aliphatic heterocycles. The molecule has 0 aliphatic carbocycles. The summed E-state index contributed by atoms with van der Waals surface area (Å²) in [7, 11) is 0. The molecule has 0 heterocycles. The molecule has 0 aliphatic rings. The summed E-state index contributed by atoms with van der Waals surface area (Å²) in [6.45, 7) is 6.81. The molecule has 0 aromatic carbocycles. The Morgan fingerprint density at radius 1 is 1.43 bits per heavy atom. The van der Waals surface area contributed by atoms with Crippen molar-refractivity contribution in [3.8, 4) is 0 Å². The van der Waals surface area contributed by atoms with E-state index >= 15 is 0 Å². The lowest BCUT2D eigenvalue weighted by Gasteiger charge is -2.10. The molecule has 0 spiro atoms. The first-order valence-electron chi connectivity index (χ1n) is 5.24. The fourth-order valence-corrected chi connectivity index (χ4v) is 1.05. The first-order valence-corrected chi connectivity index (χ1v) is 5.24. The Labute approximate surface area is 86.1 Å². The first-order chi connectivity index (χ1) is 6.56. The Bertz CT molecular complexity index is 160. The molecule has 1 unspecified atom stereocenters. The highest BCUT2D eigenvalue weighted by Gasteiger charge is 2.03. The van der Waals surface area contributed by atoms with Crippen LogP contribution >= 0.6 is 0 Å². The van der Waals surface area contributed by atoms with E-state index in [1.54, 1.807) is 0 Å². The fraction of sp³-hybridized carbons (Fsp3) is 0.900. The van der Waals surface area contributed by atoms with E-state index in [9.17, 15) is 9.90 Å². The molecule has 4 heteroatoms. The van der Waals surface area contributed by atoms with Gasteiger partial charge in [-0.2, -0.15) is 0 Å². The van der Waals surface area contributed by atoms with E-state index in [0.717, 1.165) is 6.42 Å². The van der Waals surface area contributed by atoms with Crippen LogP contribution in [-0.2, 0) is 4.79 Å². The summed E-state index contributed by atoms with van der Waals surface area (Å²) in [5.74, 6) is 0.00554. The van der Waals surface area contributed by atoms with Crippen molar-refractivity contribution in [1.82, 2.24) is 10.6 Å². The summed E-state index contributed by atoms with van der Waals surface area (Å²) < 4.78 is 0. The molecule has 4 nitrogen and oxygen atoms in total. The maximum atomic E-state index is 11.1. The molecule has 0 aromatic rings. The van der Waals surface area contributed by atoms with Crippen molar-refractivity contribution in [2.24, 2.45) is 0 Å². The van der Waals surface area contributed by atoms with Crippen LogP contribution in [0.2, 0.25) is 0 Å². The van der Waals surface area contributed by atoms with Crippen molar-refractivity contribution in [2.45, 2.75) is 45.8 Å². The second-order valence-electron chi connectivity index (χ2n) is 3.75. The summed E-state index contributed by atoms with van der Waals surface area (Å²) in [5.41, 5.74) is 0. The maximum Gasteiger partial charge on any atom is 0.234 e. The number of rotatable bonds is 7. The Kier molecular flexibility index (Phi) is 7.42. The minimum Gasteiger partial charge on any atom is -0.393 e. The highest BCUT2D eigenvalue weighted by Crippen LogP contribution is 1.93. The summed E-state index contributed by atoms with van der Waals surface area (Å²) in [4.78, 5) is 11.1. The van der Waals surface area contributed by atoms with Crippen LogP contribution in [0.1, 0.15) is 33.6 Å². The summed E-state index contributed by atoms with van der Waals surface area (Å²) >= 11 is 0. The first kappa shape index (κ1) is 13.4. The molecule has 1 atom stereocenters. The van der Waals surface area contributed by atoms with E-state index in [2.05, 4.69) is 10.6 Å². The van der Waals surface area contributed by atoms with Crippen LogP contribution in [0.3, 0.4) is 0 Å². The Morgan fingerprint density at radius 2 is 2.07 bits per heavy atom. The van der Waals surface area contributed by atoms with Gasteiger partial charge in [0.1, 0.15) is 0 Å². The van der Waals surface area contributed by atoms with Gasteiger partial charge in [0, 0.05) is 6.04 Å². The second kappa shape index (κ2) is 7.76. The third-order valence-electron chi connectivity index (χ3n) is 1.86. The van der Waals surface area contributed by atoms with E-state index in [-0.39, 0.29) is 18.1 Å². The standard InChI is InChI=1S/C10H22N2O2/c1-4-9(13)5-6-11-7-10(14)12-8(2)3/h8-9,11,13H,4-7H2,1-3H3,(H,12,14). The molecule has 84 valence electrons. The summed E-state index contributed by atoms with van der Waals surface area (Å²) in [6, 6.07) is 0.186. The topological polar surface area (TPSA) is 61.4 Å². The lowest BCUT2D eigenvalue weighted by atomic mass is 10.2. The maximum absolute atomic E-state index is 11.1. The zero-order chi connectivity index (χ0) is 11.0. The van der Waals surface area contributed by atoms with Gasteiger partial charge in [-0.25, -0.2) is 0 Å². The zero-order valence-corrected chi connectivity index (χ0v) is 9.34. The highest BCUT2D eigenvalue weighted by molar-refractivity contribution is 5.78. The van der Waals surface area contributed by atoms with Gasteiger partial charge in [-0.1, -0.05) is 6.92 Å². The molecule has 0 radical (unpaired) electrons. The van der Waals surface area contributed by atoms with E-state index < -0.39 is 0 Å². The second-order valence-corrected chi connectivity index (χ2v) is 3.75. The molecule has 0 rings (SSSR count). The molecule has 0 fully saturated rings. The van der Waals surface area contributed by atoms with Crippen LogP contribution in [-0.4, -0.2) is 36.2 Å². The zero-order valence-electron chi connectivity index (χ0n) is 9.34. The van der Waals surface area contributed by atoms with E-state index in [0.29, 0.717) is 19.5 Å². The number of nitrogens with one attached hydrogen (secondary N) is 2. The van der Waals surface area contributed by atoms with Gasteiger partial charge in [-0.15, -0.1) is 0 Å². The van der Waals surface area contributed by atoms with Crippen LogP contribution in [0.5, 0.6) is 0 Å². The van der Waals surface area contributed by atoms with Gasteiger partial charge in [-0.05, 0) is 33.2 Å². The number of aliphatic hydroxyl groups is 1. The van der Waals surface area contributed by atoms with Crippen molar-refractivity contribution < 1.29 is 9.90 Å². The minimum absolute atomic E-state index is 0.00554. The Balaban J connectivity index is 3.31. The molecule has 1 amide bonds. The van der Waals surface area contributed by atoms with Gasteiger partial charge in [0.2, 0.25) is 5.91 Å². The van der Waals surface area contributed by atoms with Crippen molar-refractivity contribution in [1.29, 1.82) is 0 Å². The lowest BCUT2D eigenvalue weighted by Crippen LogP contribution is -2.38. The van der Waals surface area contributed by atoms with Crippen molar-refractivity contribution in [3.05, 3.63) is 0 Å². The number of hydrogen-bond donors (Lipinski definition) is 3. The van der Waals surface area contributed by atoms with Crippen molar-refractivity contribution >= 4 is 5.91 Å². The number of carbonyl (C=O) groups is 1. The third kappa shape index (κ3) is 8.01. The van der Waals surface area contributed by atoms with Crippen LogP contribution in [0.25, 0.3) is 0 Å². The fourth-order valence-electron chi connectivity index (χ4n) is 1.05. The Hall–Kier alpha value is -0.610. The van der Waals surface area contributed by atoms with Crippen LogP contribution in [0, 0.1) is 0 Å². The Morgan fingerprint density at radius 3 is 2.57 bits per heavy atom. The average molecular weight is 202 g/mol. The van der Waals surface area contributed by atoms with Gasteiger partial charge in [0.05, 0.1) is 12.6 Å². The lowest BCUT2D eigenvalue weighted by molar-refractivity contribution is -0.120. The summed E-state index contributed by atoms with van der Waals surface area (Å²) in [5, 5.41) is 15.0. The van der Waals surface area contributed by atoms with Gasteiger partial charge in [0.25, 0.3) is 0 Å². The van der Waals surface area contributed by atoms with Gasteiger partial charge in [0.15, 0.2) is 0 Å². The predicted molar refractivity (Wildman–Crippen MR) is 57.1 cm³/mol. The minimum atomic E-state index is -0.254. The smallest absolute Gasteiger partial charge is 0.234 e. The SMILES string of the molecule is CCC(O)CCNCC(=O)NC(C)C. The molecule has 0 saturated carbocycles. The quantitative estimate of drug-likeness (QED) is 0.519. The van der Waals surface area contributed by atoms with Crippen molar-refractivity contribution in [3.63, 3.8) is 0 Å². The largest absolute Gasteiger partial charge is 0.393 e. The van der Waals surface area contributed by atoms with Crippen LogP contribution in [0.4, 0.5) is 0 Å². The van der Waals surface area contributed by atoms with Gasteiger partial charge in [-0.3, -0.25) is 4.79 Å². The molecule has 0 bridgehead atoms. The normalized spacial score (nSPS) is 12.9. The average Bonchev–Trinajstić information content (AvgIpc) is 2.10. The van der Waals surface area contributed by atoms with Gasteiger partial charge >= 0.3 is 0 Å². The third-order valence-corrected chi connectivity index (χ3v) is 1.86. The van der Waals surface area contributed by atoms with Gasteiger partial charge < -0.3 is 15.7 Å². The van der Waals surface area contributed by atoms with E-state index in [1.165, 1.54) is 0 Å². The van der Waals surface area contributed by atoms with E-state index in [4.69, 9.17) is 0 Å². The molecule has 3 N–H and O–H groups in total. The molecular formula is C10H22N2O2. The van der Waals surface area contributed by atoms with Crippen LogP contribution in [0.15, 0.2) is 0 Å². The van der Waals surface area contributed by atoms with Crippen molar-refractivity contribution in [2.75, 3.05) is 13.1 Å². The number of carbonyl (C=O) groups excluding carboxylic acids is 1. The summed E-state index contributed by atoms with van der Waals surface area (Å²) in [6.07, 6.45) is 1.21. The molecule has 14 heavy (non-hydrogen) atoms.